The quantitative estimate of drug-likeness (QED) is 0.0825. The van der Waals surface area contributed by atoms with Crippen LogP contribution in [0.25, 0.3) is 0 Å². The van der Waals surface area contributed by atoms with E-state index in [4.69, 9.17) is 19.9 Å². The van der Waals surface area contributed by atoms with Gasteiger partial charge in [0.1, 0.15) is 6.10 Å². The summed E-state index contributed by atoms with van der Waals surface area (Å²) in [4.78, 5) is 89.2. The number of ether oxygens (including phenoxy) is 3. The number of hydrogen-bond donors (Lipinski definition) is 5. The number of amides is 5. The Kier molecular flexibility index (Phi) is 16.9. The number of aliphatic hydroxyl groups excluding tert-OH is 1. The first-order valence-electron chi connectivity index (χ1n) is 18.2. The third-order valence-corrected chi connectivity index (χ3v) is 9.46. The molecule has 55 heavy (non-hydrogen) atoms. The molecule has 16 heteroatoms. The molecular formula is C39H53N5O11. The van der Waals surface area contributed by atoms with E-state index in [0.29, 0.717) is 18.4 Å². The van der Waals surface area contributed by atoms with E-state index in [1.54, 1.807) is 26.0 Å². The fourth-order valence-electron chi connectivity index (χ4n) is 6.45. The van der Waals surface area contributed by atoms with Crippen molar-refractivity contribution in [3.63, 3.8) is 0 Å². The first kappa shape index (κ1) is 44.2. The molecule has 0 aromatic rings. The summed E-state index contributed by atoms with van der Waals surface area (Å²) in [6.07, 6.45) is 6.42. The van der Waals surface area contributed by atoms with Crippen LogP contribution in [0.3, 0.4) is 0 Å². The number of primary amides is 1. The average molecular weight is 768 g/mol. The van der Waals surface area contributed by atoms with E-state index in [0.717, 1.165) is 11.0 Å². The van der Waals surface area contributed by atoms with E-state index >= 15 is 0 Å². The van der Waals surface area contributed by atoms with E-state index in [1.165, 1.54) is 45.4 Å². The molecule has 2 heterocycles. The highest BCUT2D eigenvalue weighted by molar-refractivity contribution is 6.23. The number of methoxy groups -OCH3 is 2. The maximum absolute atomic E-state index is 13.9. The zero-order chi connectivity index (χ0) is 40.8. The van der Waals surface area contributed by atoms with Crippen molar-refractivity contribution in [1.29, 1.82) is 0 Å². The van der Waals surface area contributed by atoms with Crippen molar-refractivity contribution in [2.45, 2.75) is 84.2 Å². The van der Waals surface area contributed by atoms with Crippen LogP contribution in [0.1, 0.15) is 59.8 Å². The minimum absolute atomic E-state index is 0.0726. The van der Waals surface area contributed by atoms with Gasteiger partial charge < -0.3 is 41.0 Å². The van der Waals surface area contributed by atoms with Crippen molar-refractivity contribution in [2.75, 3.05) is 33.9 Å². The van der Waals surface area contributed by atoms with Gasteiger partial charge in [-0.15, -0.1) is 0 Å². The molecule has 1 unspecified atom stereocenters. The van der Waals surface area contributed by atoms with Gasteiger partial charge in [-0.1, -0.05) is 38.2 Å². The van der Waals surface area contributed by atoms with Crippen molar-refractivity contribution in [3.05, 3.63) is 70.6 Å². The molecule has 1 aliphatic carbocycles. The number of nitrogens with zero attached hydrogens (tertiary/aromatic N) is 1. The largest absolute Gasteiger partial charge is 0.439 e. The first-order valence-corrected chi connectivity index (χ1v) is 18.2. The molecule has 2 bridgehead atoms. The number of hydrogen-bond acceptors (Lipinski definition) is 12. The zero-order valence-electron chi connectivity index (χ0n) is 32.2. The highest BCUT2D eigenvalue weighted by atomic mass is 16.6. The van der Waals surface area contributed by atoms with Gasteiger partial charge in [-0.05, 0) is 51.0 Å². The van der Waals surface area contributed by atoms with Gasteiger partial charge in [0.05, 0.1) is 23.6 Å². The molecule has 0 fully saturated rings. The van der Waals surface area contributed by atoms with Gasteiger partial charge in [-0.2, -0.15) is 0 Å². The lowest BCUT2D eigenvalue weighted by Gasteiger charge is -2.30. The highest BCUT2D eigenvalue weighted by Gasteiger charge is 2.33. The van der Waals surface area contributed by atoms with Crippen LogP contribution < -0.4 is 21.7 Å². The minimum Gasteiger partial charge on any atom is -0.439 e. The number of nitrogens with one attached hydrogen (secondary N) is 3. The number of fused-ring (bicyclic) bond motifs is 2. The van der Waals surface area contributed by atoms with Crippen LogP contribution in [-0.2, 0) is 43.0 Å². The third kappa shape index (κ3) is 12.7. The molecule has 5 amide bonds. The van der Waals surface area contributed by atoms with Crippen molar-refractivity contribution in [3.8, 4) is 0 Å². The van der Waals surface area contributed by atoms with E-state index in [9.17, 15) is 38.7 Å². The summed E-state index contributed by atoms with van der Waals surface area (Å²) in [7, 11) is 2.88. The standard InChI is InChI=1S/C39H53N5O11/c1-22-18-26-34(42-16-9-15-41-31(46)12-8-17-44-32(47)13-14-33(44)48)28(45)21-27(36(26)50)43-38(51)23(2)10-7-11-29(53-5)37(55-39(40)52)25(4)20-24(3)35(49)30(19-22)54-6/h7,10-11,13-14,20-22,24,29-30,35,37,42,49H,8-9,12,15-19H2,1-6H3,(H2,40,52)(H,41,46)(H,43,51)/b11-7-,23-10+,25-20+/t22-,24+,29+,30+,35-,37?/m1/s1. The van der Waals surface area contributed by atoms with Gasteiger partial charge in [0.25, 0.3) is 17.7 Å². The number of allylic oxidation sites excluding steroid dienone is 4. The Morgan fingerprint density at radius 3 is 2.35 bits per heavy atom. The van der Waals surface area contributed by atoms with Gasteiger partial charge in [-0.3, -0.25) is 33.7 Å². The Labute approximate surface area is 320 Å². The first-order chi connectivity index (χ1) is 26.1. The molecule has 3 rings (SSSR count). The topological polar surface area (TPSA) is 233 Å². The lowest BCUT2D eigenvalue weighted by atomic mass is 9.85. The molecule has 6 atom stereocenters. The molecule has 16 nitrogen and oxygen atoms in total. The molecular weight excluding hydrogens is 714 g/mol. The molecule has 300 valence electrons. The second-order valence-electron chi connectivity index (χ2n) is 13.8. The SMILES string of the molecule is CO[C@H]1/C=C\C=C(/C)C(=O)NC2=CC(=O)C(NCCCNC(=O)CCCN3C(=O)C=CC3=O)=C(C[C@@H](C)C[C@H](OC)[C@H](O)[C@@H](C)/C=C(\C)C1OC(N)=O)C2=O. The second kappa shape index (κ2) is 21.0. The van der Waals surface area contributed by atoms with Crippen molar-refractivity contribution in [2.24, 2.45) is 17.6 Å². The van der Waals surface area contributed by atoms with Crippen LogP contribution in [0, 0.1) is 11.8 Å². The molecule has 0 aromatic carbocycles. The van der Waals surface area contributed by atoms with Crippen LogP contribution in [0.5, 0.6) is 0 Å². The van der Waals surface area contributed by atoms with Crippen LogP contribution in [0.2, 0.25) is 0 Å². The van der Waals surface area contributed by atoms with E-state index < -0.39 is 65.7 Å². The molecule has 3 aliphatic rings. The molecule has 2 aliphatic heterocycles. The summed E-state index contributed by atoms with van der Waals surface area (Å²) in [5.41, 5.74) is 6.15. The Bertz CT molecular complexity index is 1670. The Hall–Kier alpha value is -5.19. The zero-order valence-corrected chi connectivity index (χ0v) is 32.2. The second-order valence-corrected chi connectivity index (χ2v) is 13.8. The molecule has 0 aromatic heterocycles. The smallest absolute Gasteiger partial charge is 0.405 e. The maximum atomic E-state index is 13.9. The van der Waals surface area contributed by atoms with Crippen LogP contribution >= 0.6 is 0 Å². The summed E-state index contributed by atoms with van der Waals surface area (Å²) in [5.74, 6) is -3.56. The maximum Gasteiger partial charge on any atom is 0.405 e. The summed E-state index contributed by atoms with van der Waals surface area (Å²) in [6, 6.07) is 0. The molecule has 0 radical (unpaired) electrons. The number of ketones is 2. The molecule has 0 spiro atoms. The molecule has 0 saturated heterocycles. The predicted octanol–water partition coefficient (Wildman–Crippen LogP) is 1.56. The number of imide groups is 1. The summed E-state index contributed by atoms with van der Waals surface area (Å²) >= 11 is 0. The summed E-state index contributed by atoms with van der Waals surface area (Å²) < 4.78 is 16.7. The van der Waals surface area contributed by atoms with E-state index in [2.05, 4.69) is 16.0 Å². The fourth-order valence-corrected chi connectivity index (χ4v) is 6.45. The van der Waals surface area contributed by atoms with Crippen LogP contribution in [0.15, 0.2) is 70.6 Å². The Morgan fingerprint density at radius 2 is 1.71 bits per heavy atom. The predicted molar refractivity (Wildman–Crippen MR) is 200 cm³/mol. The van der Waals surface area contributed by atoms with Gasteiger partial charge in [0.2, 0.25) is 17.5 Å². The number of Topliss-reactive ketones (excluding diaryl/α,β-unsaturated/α-hetero) is 1. The number of carbonyl (C=O) groups excluding carboxylic acids is 7. The van der Waals surface area contributed by atoms with Gasteiger partial charge in [0.15, 0.2) is 6.10 Å². The summed E-state index contributed by atoms with van der Waals surface area (Å²) in [6.45, 7) is 7.49. The molecule has 0 saturated carbocycles. The van der Waals surface area contributed by atoms with Gasteiger partial charge in [-0.25, -0.2) is 4.79 Å². The third-order valence-electron chi connectivity index (χ3n) is 9.46. The van der Waals surface area contributed by atoms with Crippen LogP contribution in [-0.4, -0.2) is 110 Å². The lowest BCUT2D eigenvalue weighted by molar-refractivity contribution is -0.137. The number of nitrogens with two attached hydrogens (primary N) is 1. The van der Waals surface area contributed by atoms with Crippen LogP contribution in [0.4, 0.5) is 4.79 Å². The summed E-state index contributed by atoms with van der Waals surface area (Å²) in [5, 5.41) is 19.8. The van der Waals surface area contributed by atoms with E-state index in [1.807, 2.05) is 6.92 Å². The fraction of sp³-hybridized carbons (Fsp3) is 0.513. The number of aliphatic hydroxyl groups is 1. The van der Waals surface area contributed by atoms with Crippen molar-refractivity contribution >= 4 is 41.3 Å². The number of rotatable bonds is 12. The normalized spacial score (nSPS) is 28.2. The van der Waals surface area contributed by atoms with Crippen molar-refractivity contribution < 1.29 is 52.9 Å². The van der Waals surface area contributed by atoms with Crippen molar-refractivity contribution in [1.82, 2.24) is 20.9 Å². The average Bonchev–Trinajstić information content (AvgIpc) is 3.45. The Balaban J connectivity index is 1.81. The van der Waals surface area contributed by atoms with Gasteiger partial charge >= 0.3 is 6.09 Å². The monoisotopic (exact) mass is 767 g/mol. The lowest BCUT2D eigenvalue weighted by Crippen LogP contribution is -2.38. The number of carbonyl (C=O) groups is 7. The highest BCUT2D eigenvalue weighted by Crippen LogP contribution is 2.29. The Morgan fingerprint density at radius 1 is 1.02 bits per heavy atom. The minimum atomic E-state index is -1.03. The molecule has 6 N–H and O–H groups in total. The van der Waals surface area contributed by atoms with Gasteiger partial charge in [0, 0.05) is 75.6 Å². The van der Waals surface area contributed by atoms with E-state index in [-0.39, 0.29) is 73.3 Å².